The Balaban J connectivity index is 1.32. The van der Waals surface area contributed by atoms with Crippen LogP contribution in [-0.4, -0.2) is 23.9 Å². The van der Waals surface area contributed by atoms with Crippen LogP contribution >= 0.6 is 0 Å². The molecule has 150 valence electrons. The van der Waals surface area contributed by atoms with Gasteiger partial charge in [-0.1, -0.05) is 68.4 Å². The number of nitrogens with zero attached hydrogens (tertiary/aromatic N) is 1. The minimum absolute atomic E-state index is 0.101. The summed E-state index contributed by atoms with van der Waals surface area (Å²) in [6.45, 7) is 7.24. The van der Waals surface area contributed by atoms with Crippen molar-refractivity contribution in [2.45, 2.75) is 39.2 Å². The van der Waals surface area contributed by atoms with E-state index >= 15 is 0 Å². The molecule has 1 amide bonds. The van der Waals surface area contributed by atoms with Crippen molar-refractivity contribution in [2.24, 2.45) is 5.92 Å². The number of piperidine rings is 1. The van der Waals surface area contributed by atoms with Gasteiger partial charge in [0.1, 0.15) is 0 Å². The second-order valence-corrected chi connectivity index (χ2v) is 8.45. The van der Waals surface area contributed by atoms with E-state index in [2.05, 4.69) is 78.7 Å². The van der Waals surface area contributed by atoms with Gasteiger partial charge in [-0.05, 0) is 65.9 Å². The van der Waals surface area contributed by atoms with Crippen molar-refractivity contribution in [1.29, 1.82) is 0 Å². The normalized spacial score (nSPS) is 15.7. The lowest BCUT2D eigenvalue weighted by Gasteiger charge is -2.31. The second-order valence-electron chi connectivity index (χ2n) is 8.45. The van der Waals surface area contributed by atoms with E-state index in [4.69, 9.17) is 0 Å². The van der Waals surface area contributed by atoms with Crippen LogP contribution in [0.4, 0.5) is 5.69 Å². The summed E-state index contributed by atoms with van der Waals surface area (Å²) >= 11 is 0. The number of benzene rings is 3. The number of carbonyl (C=O) groups excluding carboxylic acids is 1. The summed E-state index contributed by atoms with van der Waals surface area (Å²) in [6, 6.07) is 23.3. The number of carbonyl (C=O) groups is 1. The fraction of sp³-hybridized carbons (Fsp3) is 0.346. The fourth-order valence-electron chi connectivity index (χ4n) is 4.22. The Morgan fingerprint density at radius 3 is 2.38 bits per heavy atom. The van der Waals surface area contributed by atoms with E-state index in [1.165, 1.54) is 21.9 Å². The van der Waals surface area contributed by atoms with E-state index < -0.39 is 0 Å². The summed E-state index contributed by atoms with van der Waals surface area (Å²) in [4.78, 5) is 15.2. The fourth-order valence-corrected chi connectivity index (χ4v) is 4.22. The van der Waals surface area contributed by atoms with Gasteiger partial charge in [-0.25, -0.2) is 0 Å². The number of nitrogens with one attached hydrogen (secondary N) is 1. The SMILES string of the molecule is CC(C)c1ccc(NC(=O)C2CCN(Cc3cccc4ccccc34)CC2)cc1. The van der Waals surface area contributed by atoms with Crippen molar-refractivity contribution in [3.8, 4) is 0 Å². The van der Waals surface area contributed by atoms with Gasteiger partial charge in [0, 0.05) is 18.2 Å². The molecule has 4 rings (SSSR count). The van der Waals surface area contributed by atoms with Gasteiger partial charge in [-0.2, -0.15) is 0 Å². The van der Waals surface area contributed by atoms with Crippen LogP contribution in [0.15, 0.2) is 66.7 Å². The van der Waals surface area contributed by atoms with E-state index in [0.717, 1.165) is 38.2 Å². The molecule has 0 saturated carbocycles. The molecule has 0 aliphatic carbocycles. The maximum absolute atomic E-state index is 12.7. The highest BCUT2D eigenvalue weighted by molar-refractivity contribution is 5.92. The highest BCUT2D eigenvalue weighted by Gasteiger charge is 2.25. The van der Waals surface area contributed by atoms with Gasteiger partial charge >= 0.3 is 0 Å². The average Bonchev–Trinajstić information content (AvgIpc) is 2.75. The lowest BCUT2D eigenvalue weighted by atomic mass is 9.95. The summed E-state index contributed by atoms with van der Waals surface area (Å²) in [5.74, 6) is 0.765. The van der Waals surface area contributed by atoms with Crippen LogP contribution in [0.1, 0.15) is 43.7 Å². The topological polar surface area (TPSA) is 32.3 Å². The molecular formula is C26H30N2O. The number of amides is 1. The van der Waals surface area contributed by atoms with E-state index in [1.807, 2.05) is 12.1 Å². The molecule has 1 aliphatic heterocycles. The number of fused-ring (bicyclic) bond motifs is 1. The van der Waals surface area contributed by atoms with E-state index in [-0.39, 0.29) is 11.8 Å². The predicted molar refractivity (Wildman–Crippen MR) is 121 cm³/mol. The Hall–Kier alpha value is -2.65. The molecule has 1 fully saturated rings. The summed E-state index contributed by atoms with van der Waals surface area (Å²) in [5.41, 5.74) is 3.57. The molecule has 3 aromatic rings. The maximum atomic E-state index is 12.7. The van der Waals surface area contributed by atoms with Crippen LogP contribution in [0, 0.1) is 5.92 Å². The largest absolute Gasteiger partial charge is 0.326 e. The van der Waals surface area contributed by atoms with Crippen LogP contribution in [0.25, 0.3) is 10.8 Å². The Kier molecular flexibility index (Phi) is 5.96. The van der Waals surface area contributed by atoms with Gasteiger partial charge in [-0.3, -0.25) is 9.69 Å². The number of likely N-dealkylation sites (tertiary alicyclic amines) is 1. The van der Waals surface area contributed by atoms with Crippen LogP contribution < -0.4 is 5.32 Å². The van der Waals surface area contributed by atoms with Gasteiger partial charge in [0.2, 0.25) is 5.91 Å². The lowest BCUT2D eigenvalue weighted by Crippen LogP contribution is -2.37. The van der Waals surface area contributed by atoms with E-state index in [1.54, 1.807) is 0 Å². The zero-order valence-corrected chi connectivity index (χ0v) is 17.4. The first-order chi connectivity index (χ1) is 14.1. The zero-order valence-electron chi connectivity index (χ0n) is 17.4. The van der Waals surface area contributed by atoms with Crippen LogP contribution in [0.3, 0.4) is 0 Å². The molecule has 1 heterocycles. The molecule has 3 aromatic carbocycles. The molecular weight excluding hydrogens is 356 g/mol. The third-order valence-electron chi connectivity index (χ3n) is 6.08. The van der Waals surface area contributed by atoms with Gasteiger partial charge in [0.25, 0.3) is 0 Å². The first-order valence-electron chi connectivity index (χ1n) is 10.7. The molecule has 0 aromatic heterocycles. The third kappa shape index (κ3) is 4.68. The lowest BCUT2D eigenvalue weighted by molar-refractivity contribution is -0.121. The monoisotopic (exact) mass is 386 g/mol. The van der Waals surface area contributed by atoms with Crippen molar-refractivity contribution >= 4 is 22.4 Å². The van der Waals surface area contributed by atoms with Crippen molar-refractivity contribution in [2.75, 3.05) is 18.4 Å². The smallest absolute Gasteiger partial charge is 0.227 e. The maximum Gasteiger partial charge on any atom is 0.227 e. The first-order valence-corrected chi connectivity index (χ1v) is 10.7. The van der Waals surface area contributed by atoms with Crippen molar-refractivity contribution < 1.29 is 4.79 Å². The molecule has 0 radical (unpaired) electrons. The summed E-state index contributed by atoms with van der Waals surface area (Å²) in [5, 5.41) is 5.74. The first kappa shape index (κ1) is 19.7. The number of hydrogen-bond acceptors (Lipinski definition) is 2. The van der Waals surface area contributed by atoms with Crippen molar-refractivity contribution in [1.82, 2.24) is 4.90 Å². The highest BCUT2D eigenvalue weighted by Crippen LogP contribution is 2.25. The number of rotatable bonds is 5. The zero-order chi connectivity index (χ0) is 20.2. The summed E-state index contributed by atoms with van der Waals surface area (Å²) in [7, 11) is 0. The summed E-state index contributed by atoms with van der Waals surface area (Å²) < 4.78 is 0. The standard InChI is InChI=1S/C26H30N2O/c1-19(2)20-10-12-24(13-11-20)27-26(29)22-14-16-28(17-15-22)18-23-8-5-7-21-6-3-4-9-25(21)23/h3-13,19,22H,14-18H2,1-2H3,(H,27,29). The summed E-state index contributed by atoms with van der Waals surface area (Å²) in [6.07, 6.45) is 1.83. The quantitative estimate of drug-likeness (QED) is 0.600. The predicted octanol–water partition coefficient (Wildman–Crippen LogP) is 5.81. The minimum Gasteiger partial charge on any atom is -0.326 e. The molecule has 1 aliphatic rings. The van der Waals surface area contributed by atoms with E-state index in [9.17, 15) is 4.79 Å². The van der Waals surface area contributed by atoms with Gasteiger partial charge in [0.15, 0.2) is 0 Å². The van der Waals surface area contributed by atoms with Gasteiger partial charge in [-0.15, -0.1) is 0 Å². The van der Waals surface area contributed by atoms with Crippen LogP contribution in [-0.2, 0) is 11.3 Å². The van der Waals surface area contributed by atoms with Crippen molar-refractivity contribution in [3.05, 3.63) is 77.9 Å². The molecule has 3 heteroatoms. The Morgan fingerprint density at radius 2 is 1.66 bits per heavy atom. The molecule has 0 atom stereocenters. The molecule has 1 saturated heterocycles. The van der Waals surface area contributed by atoms with Crippen LogP contribution in [0.5, 0.6) is 0 Å². The molecule has 0 bridgehead atoms. The molecule has 0 unspecified atom stereocenters. The van der Waals surface area contributed by atoms with Crippen LogP contribution in [0.2, 0.25) is 0 Å². The van der Waals surface area contributed by atoms with Gasteiger partial charge in [0.05, 0.1) is 0 Å². The average molecular weight is 387 g/mol. The Morgan fingerprint density at radius 1 is 0.966 bits per heavy atom. The Bertz CT molecular complexity index is 964. The molecule has 1 N–H and O–H groups in total. The van der Waals surface area contributed by atoms with E-state index in [0.29, 0.717) is 5.92 Å². The number of hydrogen-bond donors (Lipinski definition) is 1. The molecule has 29 heavy (non-hydrogen) atoms. The highest BCUT2D eigenvalue weighted by atomic mass is 16.1. The molecule has 0 spiro atoms. The minimum atomic E-state index is 0.101. The van der Waals surface area contributed by atoms with Gasteiger partial charge < -0.3 is 5.32 Å². The molecule has 3 nitrogen and oxygen atoms in total. The second kappa shape index (κ2) is 8.79. The van der Waals surface area contributed by atoms with Crippen molar-refractivity contribution in [3.63, 3.8) is 0 Å². The third-order valence-corrected chi connectivity index (χ3v) is 6.08. The Labute approximate surface area is 173 Å². The number of anilines is 1.